The second kappa shape index (κ2) is 5.78. The monoisotopic (exact) mass is 291 g/mol. The zero-order valence-electron chi connectivity index (χ0n) is 12.1. The van der Waals surface area contributed by atoms with Gasteiger partial charge in [-0.1, -0.05) is 0 Å². The minimum absolute atomic E-state index is 0.0598. The Morgan fingerprint density at radius 3 is 2.57 bits per heavy atom. The zero-order valence-corrected chi connectivity index (χ0v) is 12.1. The number of amides is 1. The van der Waals surface area contributed by atoms with Crippen molar-refractivity contribution in [2.75, 3.05) is 7.05 Å². The molecule has 112 valence electrons. The number of hydrogen-bond donors (Lipinski definition) is 1. The molecule has 1 N–H and O–H groups in total. The van der Waals surface area contributed by atoms with Crippen LogP contribution < -0.4 is 0 Å². The van der Waals surface area contributed by atoms with E-state index in [1.165, 1.54) is 17.1 Å². The van der Waals surface area contributed by atoms with Gasteiger partial charge in [-0.3, -0.25) is 14.2 Å². The molecule has 1 atom stereocenters. The normalized spacial score (nSPS) is 12.1. The van der Waals surface area contributed by atoms with Crippen LogP contribution in [0.15, 0.2) is 24.8 Å². The maximum absolute atomic E-state index is 12.3. The maximum atomic E-state index is 12.3. The Hall–Kier alpha value is -2.64. The molecule has 2 aromatic heterocycles. The number of aromatic carboxylic acids is 1. The molecule has 0 aliphatic rings. The topological polar surface area (TPSA) is 93.2 Å². The Bertz CT molecular complexity index is 660. The van der Waals surface area contributed by atoms with E-state index in [1.807, 2.05) is 13.2 Å². The molecule has 2 rings (SSSR count). The van der Waals surface area contributed by atoms with Crippen molar-refractivity contribution in [3.8, 4) is 0 Å². The first-order valence-electron chi connectivity index (χ1n) is 6.38. The van der Waals surface area contributed by atoms with Gasteiger partial charge in [0, 0.05) is 38.6 Å². The fourth-order valence-electron chi connectivity index (χ4n) is 2.00. The number of carbonyl (C=O) groups excluding carboxylic acids is 1. The second-order valence-electron chi connectivity index (χ2n) is 4.91. The molecule has 0 bridgehead atoms. The summed E-state index contributed by atoms with van der Waals surface area (Å²) in [7, 11) is 3.50. The van der Waals surface area contributed by atoms with Crippen molar-refractivity contribution in [2.24, 2.45) is 7.05 Å². The van der Waals surface area contributed by atoms with Gasteiger partial charge in [-0.2, -0.15) is 10.2 Å². The van der Waals surface area contributed by atoms with Gasteiger partial charge in [-0.25, -0.2) is 4.79 Å². The van der Waals surface area contributed by atoms with Gasteiger partial charge in [-0.15, -0.1) is 0 Å². The van der Waals surface area contributed by atoms with Crippen LogP contribution >= 0.6 is 0 Å². The van der Waals surface area contributed by atoms with E-state index in [-0.39, 0.29) is 11.5 Å². The highest BCUT2D eigenvalue weighted by molar-refractivity contribution is 5.87. The lowest BCUT2D eigenvalue weighted by molar-refractivity contribution is -0.133. The van der Waals surface area contributed by atoms with E-state index in [0.717, 1.165) is 5.56 Å². The minimum atomic E-state index is -1.07. The minimum Gasteiger partial charge on any atom is -0.478 e. The van der Waals surface area contributed by atoms with Crippen LogP contribution in [-0.4, -0.2) is 48.5 Å². The van der Waals surface area contributed by atoms with E-state index in [1.54, 1.807) is 29.7 Å². The van der Waals surface area contributed by atoms with E-state index in [0.29, 0.717) is 6.54 Å². The van der Waals surface area contributed by atoms with Gasteiger partial charge in [0.15, 0.2) is 0 Å². The number of likely N-dealkylation sites (N-methyl/N-ethyl adjacent to an activating group) is 1. The third kappa shape index (κ3) is 3.28. The van der Waals surface area contributed by atoms with Gasteiger partial charge >= 0.3 is 5.97 Å². The Morgan fingerprint density at radius 1 is 1.33 bits per heavy atom. The molecule has 0 spiro atoms. The largest absolute Gasteiger partial charge is 0.478 e. The Balaban J connectivity index is 2.05. The van der Waals surface area contributed by atoms with Crippen molar-refractivity contribution < 1.29 is 14.7 Å². The zero-order chi connectivity index (χ0) is 15.6. The SMILES string of the molecule is CC(C(=O)N(C)Cc1cnn(C)c1)n1cc(C(=O)O)cn1. The highest BCUT2D eigenvalue weighted by Gasteiger charge is 2.21. The predicted octanol–water partition coefficient (Wildman–Crippen LogP) is 0.534. The third-order valence-corrected chi connectivity index (χ3v) is 3.16. The summed E-state index contributed by atoms with van der Waals surface area (Å²) in [6.45, 7) is 2.12. The number of rotatable bonds is 5. The average molecular weight is 291 g/mol. The van der Waals surface area contributed by atoms with Gasteiger partial charge in [0.2, 0.25) is 5.91 Å². The summed E-state index contributed by atoms with van der Waals surface area (Å²) >= 11 is 0. The quantitative estimate of drug-likeness (QED) is 0.867. The number of carboxylic acid groups (broad SMARTS) is 1. The second-order valence-corrected chi connectivity index (χ2v) is 4.91. The summed E-state index contributed by atoms with van der Waals surface area (Å²) in [6.07, 6.45) is 6.12. The van der Waals surface area contributed by atoms with Crippen molar-refractivity contribution in [3.63, 3.8) is 0 Å². The fraction of sp³-hybridized carbons (Fsp3) is 0.385. The molecule has 0 aliphatic carbocycles. The molecule has 2 aromatic rings. The van der Waals surface area contributed by atoms with Crippen molar-refractivity contribution in [1.82, 2.24) is 24.5 Å². The lowest BCUT2D eigenvalue weighted by Gasteiger charge is -2.21. The lowest BCUT2D eigenvalue weighted by Crippen LogP contribution is -2.32. The van der Waals surface area contributed by atoms with Gasteiger partial charge in [0.05, 0.1) is 18.0 Å². The summed E-state index contributed by atoms with van der Waals surface area (Å²) in [5, 5.41) is 16.8. The standard InChI is InChI=1S/C13H17N5O3/c1-9(18-8-11(5-15-18)13(20)21)12(19)16(2)6-10-4-14-17(3)7-10/h4-5,7-9H,6H2,1-3H3,(H,20,21). The van der Waals surface area contributed by atoms with E-state index >= 15 is 0 Å². The van der Waals surface area contributed by atoms with E-state index in [4.69, 9.17) is 5.11 Å². The Kier molecular flexibility index (Phi) is 4.06. The van der Waals surface area contributed by atoms with Crippen molar-refractivity contribution in [1.29, 1.82) is 0 Å². The van der Waals surface area contributed by atoms with E-state index in [2.05, 4.69) is 10.2 Å². The fourth-order valence-corrected chi connectivity index (χ4v) is 2.00. The molecular formula is C13H17N5O3. The number of aryl methyl sites for hydroxylation is 1. The predicted molar refractivity (Wildman–Crippen MR) is 73.6 cm³/mol. The van der Waals surface area contributed by atoms with Gasteiger partial charge in [0.25, 0.3) is 0 Å². The first-order chi connectivity index (χ1) is 9.88. The van der Waals surface area contributed by atoms with Crippen molar-refractivity contribution in [3.05, 3.63) is 35.9 Å². The van der Waals surface area contributed by atoms with Crippen LogP contribution in [0.4, 0.5) is 0 Å². The first-order valence-corrected chi connectivity index (χ1v) is 6.38. The molecule has 0 radical (unpaired) electrons. The molecular weight excluding hydrogens is 274 g/mol. The summed E-state index contributed by atoms with van der Waals surface area (Å²) in [6, 6.07) is -0.570. The summed E-state index contributed by atoms with van der Waals surface area (Å²) in [5.41, 5.74) is 0.983. The van der Waals surface area contributed by atoms with Crippen molar-refractivity contribution in [2.45, 2.75) is 19.5 Å². The van der Waals surface area contributed by atoms with Gasteiger partial charge in [-0.05, 0) is 6.92 Å². The van der Waals surface area contributed by atoms with Crippen LogP contribution in [-0.2, 0) is 18.4 Å². The number of carboxylic acids is 1. The van der Waals surface area contributed by atoms with Gasteiger partial charge in [0.1, 0.15) is 6.04 Å². The number of aromatic nitrogens is 4. The summed E-state index contributed by atoms with van der Waals surface area (Å²) in [5.74, 6) is -1.22. The lowest BCUT2D eigenvalue weighted by atomic mass is 10.2. The molecule has 21 heavy (non-hydrogen) atoms. The van der Waals surface area contributed by atoms with Crippen LogP contribution in [0.3, 0.4) is 0 Å². The molecule has 2 heterocycles. The van der Waals surface area contributed by atoms with E-state index < -0.39 is 12.0 Å². The highest BCUT2D eigenvalue weighted by Crippen LogP contribution is 2.12. The third-order valence-electron chi connectivity index (χ3n) is 3.16. The number of carbonyl (C=O) groups is 2. The molecule has 8 heteroatoms. The van der Waals surface area contributed by atoms with Gasteiger partial charge < -0.3 is 10.0 Å². The molecule has 0 aromatic carbocycles. The molecule has 1 unspecified atom stereocenters. The molecule has 1 amide bonds. The Morgan fingerprint density at radius 2 is 2.05 bits per heavy atom. The Labute approximate surface area is 121 Å². The van der Waals surface area contributed by atoms with Crippen LogP contribution in [0.5, 0.6) is 0 Å². The van der Waals surface area contributed by atoms with Crippen LogP contribution in [0, 0.1) is 0 Å². The maximum Gasteiger partial charge on any atom is 0.338 e. The summed E-state index contributed by atoms with van der Waals surface area (Å²) < 4.78 is 3.02. The first kappa shape index (κ1) is 14.8. The number of nitrogens with zero attached hydrogens (tertiary/aromatic N) is 5. The average Bonchev–Trinajstić information content (AvgIpc) is 3.06. The highest BCUT2D eigenvalue weighted by atomic mass is 16.4. The van der Waals surface area contributed by atoms with E-state index in [9.17, 15) is 9.59 Å². The van der Waals surface area contributed by atoms with Crippen LogP contribution in [0.2, 0.25) is 0 Å². The molecule has 0 saturated heterocycles. The molecule has 0 saturated carbocycles. The molecule has 8 nitrogen and oxygen atoms in total. The number of hydrogen-bond acceptors (Lipinski definition) is 4. The summed E-state index contributed by atoms with van der Waals surface area (Å²) in [4.78, 5) is 24.7. The molecule has 0 aliphatic heterocycles. The molecule has 0 fully saturated rings. The van der Waals surface area contributed by atoms with Crippen molar-refractivity contribution >= 4 is 11.9 Å². The smallest absolute Gasteiger partial charge is 0.338 e. The van der Waals surface area contributed by atoms with Crippen LogP contribution in [0.25, 0.3) is 0 Å². The van der Waals surface area contributed by atoms with Crippen LogP contribution in [0.1, 0.15) is 28.9 Å².